The van der Waals surface area contributed by atoms with E-state index in [2.05, 4.69) is 41.2 Å². The minimum atomic E-state index is 0.965. The van der Waals surface area contributed by atoms with Crippen molar-refractivity contribution in [2.45, 2.75) is 6.92 Å². The summed E-state index contributed by atoms with van der Waals surface area (Å²) < 4.78 is 0. The van der Waals surface area contributed by atoms with Gasteiger partial charge in [0.1, 0.15) is 0 Å². The molecule has 0 saturated carbocycles. The second-order valence-electron chi connectivity index (χ2n) is 4.23. The van der Waals surface area contributed by atoms with Crippen LogP contribution in [0.2, 0.25) is 0 Å². The van der Waals surface area contributed by atoms with Crippen molar-refractivity contribution in [1.82, 2.24) is 4.98 Å². The van der Waals surface area contributed by atoms with E-state index in [1.54, 1.807) is 6.20 Å². The zero-order valence-electron chi connectivity index (χ0n) is 9.88. The molecule has 0 atom stereocenters. The largest absolute Gasteiger partial charge is 0.347 e. The van der Waals surface area contributed by atoms with E-state index in [0.717, 1.165) is 22.0 Å². The van der Waals surface area contributed by atoms with E-state index in [1.807, 2.05) is 19.3 Å². The monoisotopic (exact) mass is 223 g/mol. The van der Waals surface area contributed by atoms with E-state index in [4.69, 9.17) is 4.99 Å². The molecule has 0 spiro atoms. The summed E-state index contributed by atoms with van der Waals surface area (Å²) in [6, 6.07) is 8.17. The quantitative estimate of drug-likeness (QED) is 0.677. The second-order valence-corrected chi connectivity index (χ2v) is 4.23. The van der Waals surface area contributed by atoms with Crippen LogP contribution in [0.1, 0.15) is 5.56 Å². The lowest BCUT2D eigenvalue weighted by Gasteiger charge is -2.13. The number of pyridine rings is 1. The number of rotatable bonds is 0. The van der Waals surface area contributed by atoms with Crippen molar-refractivity contribution in [3.63, 3.8) is 0 Å². The van der Waals surface area contributed by atoms with Crippen LogP contribution in [0.25, 0.3) is 6.20 Å². The van der Waals surface area contributed by atoms with Crippen molar-refractivity contribution in [3.8, 4) is 0 Å². The molecule has 2 heterocycles. The lowest BCUT2D eigenvalue weighted by molar-refractivity contribution is 1.20. The maximum Gasteiger partial charge on any atom is 0.0905 e. The fraction of sp³-hybridized carbons (Fsp3) is 0.143. The third kappa shape index (κ3) is 1.60. The highest BCUT2D eigenvalue weighted by molar-refractivity contribution is 5.71. The van der Waals surface area contributed by atoms with Gasteiger partial charge in [-0.3, -0.25) is 4.98 Å². The van der Waals surface area contributed by atoms with E-state index < -0.39 is 0 Å². The van der Waals surface area contributed by atoms with Gasteiger partial charge in [0.05, 0.1) is 22.9 Å². The molecule has 0 saturated heterocycles. The van der Waals surface area contributed by atoms with Crippen LogP contribution in [-0.2, 0) is 0 Å². The maximum absolute atomic E-state index is 4.74. The van der Waals surface area contributed by atoms with E-state index in [1.165, 1.54) is 5.56 Å². The van der Waals surface area contributed by atoms with Gasteiger partial charge in [-0.15, -0.1) is 0 Å². The molecule has 3 nitrogen and oxygen atoms in total. The minimum Gasteiger partial charge on any atom is -0.347 e. The molecule has 3 rings (SSSR count). The number of nitrogens with zero attached hydrogens (tertiary/aromatic N) is 3. The number of fused-ring (bicyclic) bond motifs is 2. The standard InChI is InChI=1S/C14H13N3/c1-10-4-3-5-11-9-17(2)13-8-15-7-6-12(13)16-14(10)11/h3-9H,1-2H3. The van der Waals surface area contributed by atoms with E-state index >= 15 is 0 Å². The average molecular weight is 223 g/mol. The van der Waals surface area contributed by atoms with Crippen molar-refractivity contribution in [1.29, 1.82) is 0 Å². The van der Waals surface area contributed by atoms with Crippen LogP contribution in [0.15, 0.2) is 41.7 Å². The van der Waals surface area contributed by atoms with Gasteiger partial charge in [-0.05, 0) is 18.6 Å². The van der Waals surface area contributed by atoms with Gasteiger partial charge in [-0.25, -0.2) is 4.99 Å². The smallest absolute Gasteiger partial charge is 0.0905 e. The van der Waals surface area contributed by atoms with E-state index in [-0.39, 0.29) is 0 Å². The molecular weight excluding hydrogens is 210 g/mol. The van der Waals surface area contributed by atoms with E-state index in [9.17, 15) is 0 Å². The van der Waals surface area contributed by atoms with Crippen molar-refractivity contribution in [3.05, 3.63) is 52.8 Å². The number of anilines is 1. The first-order chi connectivity index (χ1) is 8.25. The lowest BCUT2D eigenvalue weighted by atomic mass is 10.2. The van der Waals surface area contributed by atoms with Crippen molar-refractivity contribution in [2.24, 2.45) is 4.99 Å². The Morgan fingerprint density at radius 3 is 2.94 bits per heavy atom. The number of para-hydroxylation sites is 1. The fourth-order valence-corrected chi connectivity index (χ4v) is 2.08. The Balaban J connectivity index is 2.44. The van der Waals surface area contributed by atoms with Crippen LogP contribution >= 0.6 is 0 Å². The second kappa shape index (κ2) is 3.70. The molecule has 0 bridgehead atoms. The van der Waals surface area contributed by atoms with Gasteiger partial charge in [-0.1, -0.05) is 18.2 Å². The third-order valence-electron chi connectivity index (χ3n) is 2.99. The first-order valence-corrected chi connectivity index (χ1v) is 5.59. The Morgan fingerprint density at radius 2 is 2.06 bits per heavy atom. The topological polar surface area (TPSA) is 28.5 Å². The molecule has 0 fully saturated rings. The van der Waals surface area contributed by atoms with Crippen molar-refractivity contribution in [2.75, 3.05) is 11.9 Å². The summed E-state index contributed by atoms with van der Waals surface area (Å²) in [5, 5.41) is 2.19. The highest BCUT2D eigenvalue weighted by Crippen LogP contribution is 2.26. The molecule has 0 amide bonds. The van der Waals surface area contributed by atoms with Gasteiger partial charge in [0.2, 0.25) is 0 Å². The van der Waals surface area contributed by atoms with Crippen LogP contribution in [0, 0.1) is 6.92 Å². The Morgan fingerprint density at radius 1 is 1.18 bits per heavy atom. The summed E-state index contributed by atoms with van der Waals surface area (Å²) in [5.41, 5.74) is 3.19. The molecule has 0 N–H and O–H groups in total. The molecule has 2 aromatic rings. The normalized spacial score (nSPS) is 12.9. The maximum atomic E-state index is 4.74. The summed E-state index contributed by atoms with van der Waals surface area (Å²) in [7, 11) is 2.02. The molecule has 84 valence electrons. The van der Waals surface area contributed by atoms with Gasteiger partial charge >= 0.3 is 0 Å². The summed E-state index contributed by atoms with van der Waals surface area (Å²) in [6.07, 6.45) is 5.72. The van der Waals surface area contributed by atoms with E-state index in [0.29, 0.717) is 0 Å². The molecule has 1 aromatic carbocycles. The Labute approximate surface area is 99.8 Å². The number of hydrogen-bond donors (Lipinski definition) is 0. The molecule has 1 aliphatic heterocycles. The molecule has 0 radical (unpaired) electrons. The SMILES string of the molecule is Cc1cccc2c1=Nc1ccncc1N(C)C=2. The lowest BCUT2D eigenvalue weighted by Crippen LogP contribution is -2.28. The summed E-state index contributed by atoms with van der Waals surface area (Å²) >= 11 is 0. The molecular formula is C14H13N3. The number of aromatic nitrogens is 1. The molecule has 3 heteroatoms. The minimum absolute atomic E-state index is 0.965. The highest BCUT2D eigenvalue weighted by Gasteiger charge is 2.08. The predicted molar refractivity (Wildman–Crippen MR) is 68.7 cm³/mol. The summed E-state index contributed by atoms with van der Waals surface area (Å²) in [6.45, 7) is 2.09. The Hall–Kier alpha value is -2.16. The number of hydrogen-bond acceptors (Lipinski definition) is 3. The first-order valence-electron chi connectivity index (χ1n) is 5.59. The zero-order chi connectivity index (χ0) is 11.8. The third-order valence-corrected chi connectivity index (χ3v) is 2.99. The van der Waals surface area contributed by atoms with Crippen LogP contribution in [-0.4, -0.2) is 12.0 Å². The average Bonchev–Trinajstić information content (AvgIpc) is 2.47. The van der Waals surface area contributed by atoms with Crippen LogP contribution in [0.5, 0.6) is 0 Å². The molecule has 0 unspecified atom stereocenters. The summed E-state index contributed by atoms with van der Waals surface area (Å²) in [4.78, 5) is 11.0. The van der Waals surface area contributed by atoms with Gasteiger partial charge in [0.25, 0.3) is 0 Å². The Kier molecular flexibility index (Phi) is 2.18. The van der Waals surface area contributed by atoms with Crippen molar-refractivity contribution < 1.29 is 0 Å². The predicted octanol–water partition coefficient (Wildman–Crippen LogP) is 1.53. The fourth-order valence-electron chi connectivity index (χ4n) is 2.08. The van der Waals surface area contributed by atoms with Crippen LogP contribution in [0.4, 0.5) is 11.4 Å². The van der Waals surface area contributed by atoms with Crippen molar-refractivity contribution >= 4 is 17.6 Å². The van der Waals surface area contributed by atoms with Gasteiger partial charge < -0.3 is 4.90 Å². The summed E-state index contributed by atoms with van der Waals surface area (Å²) in [5.74, 6) is 0. The molecule has 1 aromatic heterocycles. The molecule has 0 aliphatic carbocycles. The Bertz CT molecular complexity index is 689. The molecule has 1 aliphatic rings. The number of aryl methyl sites for hydroxylation is 1. The number of benzene rings is 1. The van der Waals surface area contributed by atoms with Gasteiger partial charge in [0.15, 0.2) is 0 Å². The van der Waals surface area contributed by atoms with Gasteiger partial charge in [0, 0.05) is 24.7 Å². The highest BCUT2D eigenvalue weighted by atomic mass is 15.1. The van der Waals surface area contributed by atoms with Gasteiger partial charge in [-0.2, -0.15) is 0 Å². The van der Waals surface area contributed by atoms with Crippen LogP contribution < -0.4 is 15.5 Å². The first kappa shape index (κ1) is 10.0. The molecule has 17 heavy (non-hydrogen) atoms. The van der Waals surface area contributed by atoms with Crippen LogP contribution in [0.3, 0.4) is 0 Å². The zero-order valence-corrected chi connectivity index (χ0v) is 9.88.